The molecule has 0 aliphatic rings. The van der Waals surface area contributed by atoms with E-state index in [9.17, 15) is 4.79 Å². The molecule has 13 heavy (non-hydrogen) atoms. The minimum Gasteiger partial charge on any atom is -0.357 e. The number of nitrogens with one attached hydrogen (secondary N) is 1. The molecule has 0 aliphatic carbocycles. The normalized spacial score (nSPS) is 15.4. The van der Waals surface area contributed by atoms with E-state index in [4.69, 9.17) is 0 Å². The molecule has 3 nitrogen and oxygen atoms in total. The van der Waals surface area contributed by atoms with Crippen LogP contribution in [-0.4, -0.2) is 24.7 Å². The Morgan fingerprint density at radius 3 is 2.15 bits per heavy atom. The molecule has 0 fully saturated rings. The van der Waals surface area contributed by atoms with Crippen molar-refractivity contribution < 1.29 is 4.79 Å². The molecule has 0 spiro atoms. The Kier molecular flexibility index (Phi) is 4.11. The standard InChI is InChI=1S/C10H20N2O/c1-7(9(13)11-6)12-8(2)10(3,4)5/h7H,1-6H3,(H,11,13). The molecular weight excluding hydrogens is 164 g/mol. The van der Waals surface area contributed by atoms with Crippen molar-refractivity contribution in [2.75, 3.05) is 7.05 Å². The van der Waals surface area contributed by atoms with Gasteiger partial charge in [-0.25, -0.2) is 0 Å². The van der Waals surface area contributed by atoms with Crippen LogP contribution in [0.15, 0.2) is 4.99 Å². The number of carbonyl (C=O) groups is 1. The SMILES string of the molecule is CNC(=O)C(C)N=C(C)C(C)(C)C. The summed E-state index contributed by atoms with van der Waals surface area (Å²) in [5, 5.41) is 2.58. The summed E-state index contributed by atoms with van der Waals surface area (Å²) >= 11 is 0. The first-order valence-corrected chi connectivity index (χ1v) is 4.55. The van der Waals surface area contributed by atoms with Crippen LogP contribution in [0.3, 0.4) is 0 Å². The number of hydrogen-bond donors (Lipinski definition) is 1. The number of aliphatic imine (C=N–C) groups is 1. The quantitative estimate of drug-likeness (QED) is 0.651. The minimum atomic E-state index is -0.288. The van der Waals surface area contributed by atoms with Crippen molar-refractivity contribution in [3.63, 3.8) is 0 Å². The summed E-state index contributed by atoms with van der Waals surface area (Å²) in [6, 6.07) is -0.288. The maximum atomic E-state index is 11.2. The fourth-order valence-corrected chi connectivity index (χ4v) is 0.752. The molecule has 0 rings (SSSR count). The zero-order chi connectivity index (χ0) is 10.6. The molecule has 1 amide bonds. The smallest absolute Gasteiger partial charge is 0.244 e. The van der Waals surface area contributed by atoms with Gasteiger partial charge in [-0.05, 0) is 19.3 Å². The van der Waals surface area contributed by atoms with Gasteiger partial charge >= 0.3 is 0 Å². The van der Waals surface area contributed by atoms with Gasteiger partial charge in [0.1, 0.15) is 6.04 Å². The average Bonchev–Trinajstić information content (AvgIpc) is 2.01. The van der Waals surface area contributed by atoms with E-state index >= 15 is 0 Å². The summed E-state index contributed by atoms with van der Waals surface area (Å²) in [6.45, 7) is 10.0. The van der Waals surface area contributed by atoms with Gasteiger partial charge in [0.2, 0.25) is 5.91 Å². The molecule has 0 radical (unpaired) electrons. The Bertz CT molecular complexity index is 213. The number of hydrogen-bond acceptors (Lipinski definition) is 2. The molecule has 0 saturated carbocycles. The molecular formula is C10H20N2O. The van der Waals surface area contributed by atoms with Crippen LogP contribution in [0, 0.1) is 5.41 Å². The Morgan fingerprint density at radius 2 is 1.85 bits per heavy atom. The third-order valence-electron chi connectivity index (χ3n) is 2.10. The predicted octanol–water partition coefficient (Wildman–Crippen LogP) is 1.63. The van der Waals surface area contributed by atoms with Crippen molar-refractivity contribution in [3.8, 4) is 0 Å². The maximum absolute atomic E-state index is 11.2. The van der Waals surface area contributed by atoms with Gasteiger partial charge in [-0.2, -0.15) is 0 Å². The number of nitrogens with zero attached hydrogens (tertiary/aromatic N) is 1. The molecule has 0 saturated heterocycles. The summed E-state index contributed by atoms with van der Waals surface area (Å²) in [6.07, 6.45) is 0. The van der Waals surface area contributed by atoms with Crippen molar-refractivity contribution in [2.24, 2.45) is 10.4 Å². The van der Waals surface area contributed by atoms with Gasteiger partial charge in [0.15, 0.2) is 0 Å². The van der Waals surface area contributed by atoms with Crippen molar-refractivity contribution in [1.29, 1.82) is 0 Å². The lowest BCUT2D eigenvalue weighted by Gasteiger charge is -2.19. The highest BCUT2D eigenvalue weighted by atomic mass is 16.2. The van der Waals surface area contributed by atoms with Crippen LogP contribution >= 0.6 is 0 Å². The summed E-state index contributed by atoms with van der Waals surface area (Å²) < 4.78 is 0. The number of rotatable bonds is 2. The zero-order valence-corrected chi connectivity index (χ0v) is 9.43. The van der Waals surface area contributed by atoms with Crippen LogP contribution in [0.25, 0.3) is 0 Å². The van der Waals surface area contributed by atoms with Crippen LogP contribution in [0.5, 0.6) is 0 Å². The molecule has 3 heteroatoms. The second-order valence-electron chi connectivity index (χ2n) is 4.25. The molecule has 76 valence electrons. The van der Waals surface area contributed by atoms with E-state index < -0.39 is 0 Å². The Morgan fingerprint density at radius 1 is 1.38 bits per heavy atom. The van der Waals surface area contributed by atoms with Crippen LogP contribution in [-0.2, 0) is 4.79 Å². The van der Waals surface area contributed by atoms with Crippen molar-refractivity contribution in [2.45, 2.75) is 40.7 Å². The minimum absolute atomic E-state index is 0.0383. The monoisotopic (exact) mass is 184 g/mol. The molecule has 0 bridgehead atoms. The van der Waals surface area contributed by atoms with E-state index in [1.54, 1.807) is 14.0 Å². The third kappa shape index (κ3) is 4.06. The first kappa shape index (κ1) is 12.1. The largest absolute Gasteiger partial charge is 0.357 e. The zero-order valence-electron chi connectivity index (χ0n) is 9.43. The van der Waals surface area contributed by atoms with Crippen LogP contribution in [0.2, 0.25) is 0 Å². The molecule has 0 aliphatic heterocycles. The molecule has 0 heterocycles. The highest BCUT2D eigenvalue weighted by molar-refractivity contribution is 5.90. The fraction of sp³-hybridized carbons (Fsp3) is 0.800. The van der Waals surface area contributed by atoms with Gasteiger partial charge in [-0.15, -0.1) is 0 Å². The maximum Gasteiger partial charge on any atom is 0.244 e. The topological polar surface area (TPSA) is 41.5 Å². The van der Waals surface area contributed by atoms with Crippen molar-refractivity contribution >= 4 is 11.6 Å². The second kappa shape index (κ2) is 4.40. The van der Waals surface area contributed by atoms with Gasteiger partial charge in [0.05, 0.1) is 0 Å². The van der Waals surface area contributed by atoms with E-state index in [-0.39, 0.29) is 17.4 Å². The van der Waals surface area contributed by atoms with Crippen LogP contribution in [0.1, 0.15) is 34.6 Å². The molecule has 0 aromatic heterocycles. The first-order chi connectivity index (χ1) is 5.79. The fourth-order valence-electron chi connectivity index (χ4n) is 0.752. The van der Waals surface area contributed by atoms with E-state index in [1.807, 2.05) is 6.92 Å². The second-order valence-corrected chi connectivity index (χ2v) is 4.25. The number of carbonyl (C=O) groups excluding carboxylic acids is 1. The van der Waals surface area contributed by atoms with Gasteiger partial charge < -0.3 is 5.32 Å². The highest BCUT2D eigenvalue weighted by Crippen LogP contribution is 2.16. The van der Waals surface area contributed by atoms with E-state index in [1.165, 1.54) is 0 Å². The lowest BCUT2D eigenvalue weighted by Crippen LogP contribution is -2.30. The lowest BCUT2D eigenvalue weighted by atomic mass is 9.91. The molecule has 1 atom stereocenters. The summed E-state index contributed by atoms with van der Waals surface area (Å²) in [7, 11) is 1.63. The van der Waals surface area contributed by atoms with Gasteiger partial charge in [0, 0.05) is 12.8 Å². The summed E-state index contributed by atoms with van der Waals surface area (Å²) in [4.78, 5) is 15.5. The third-order valence-corrected chi connectivity index (χ3v) is 2.10. The Labute approximate surface area is 80.6 Å². The number of amides is 1. The van der Waals surface area contributed by atoms with Gasteiger partial charge in [-0.1, -0.05) is 20.8 Å². The van der Waals surface area contributed by atoms with E-state index in [0.29, 0.717) is 0 Å². The Hall–Kier alpha value is -0.860. The van der Waals surface area contributed by atoms with Crippen molar-refractivity contribution in [1.82, 2.24) is 5.32 Å². The van der Waals surface area contributed by atoms with Gasteiger partial charge in [-0.3, -0.25) is 9.79 Å². The number of likely N-dealkylation sites (N-methyl/N-ethyl adjacent to an activating group) is 1. The van der Waals surface area contributed by atoms with E-state index in [0.717, 1.165) is 5.71 Å². The average molecular weight is 184 g/mol. The first-order valence-electron chi connectivity index (χ1n) is 4.55. The van der Waals surface area contributed by atoms with Gasteiger partial charge in [0.25, 0.3) is 0 Å². The lowest BCUT2D eigenvalue weighted by molar-refractivity contribution is -0.121. The summed E-state index contributed by atoms with van der Waals surface area (Å²) in [5.41, 5.74) is 1.05. The van der Waals surface area contributed by atoms with Crippen molar-refractivity contribution in [3.05, 3.63) is 0 Å². The predicted molar refractivity (Wildman–Crippen MR) is 56.1 cm³/mol. The summed E-state index contributed by atoms with van der Waals surface area (Å²) in [5.74, 6) is -0.0383. The molecule has 0 aromatic carbocycles. The van der Waals surface area contributed by atoms with E-state index in [2.05, 4.69) is 31.1 Å². The van der Waals surface area contributed by atoms with Crippen LogP contribution in [0.4, 0.5) is 0 Å². The molecule has 1 unspecified atom stereocenters. The highest BCUT2D eigenvalue weighted by Gasteiger charge is 2.17. The molecule has 1 N–H and O–H groups in total. The molecule has 0 aromatic rings. The Balaban J connectivity index is 4.48. The van der Waals surface area contributed by atoms with Crippen LogP contribution < -0.4 is 5.32 Å².